The van der Waals surface area contributed by atoms with Gasteiger partial charge in [-0.1, -0.05) is 13.8 Å². The predicted molar refractivity (Wildman–Crippen MR) is 104 cm³/mol. The van der Waals surface area contributed by atoms with Crippen molar-refractivity contribution in [3.05, 3.63) is 33.9 Å². The van der Waals surface area contributed by atoms with Gasteiger partial charge < -0.3 is 15.4 Å². The Labute approximate surface area is 162 Å². The Morgan fingerprint density at radius 2 is 2.04 bits per heavy atom. The van der Waals surface area contributed by atoms with Gasteiger partial charge in [-0.05, 0) is 26.2 Å². The number of carbonyl (C=O) groups excluding carboxylic acids is 2. The summed E-state index contributed by atoms with van der Waals surface area (Å²) in [6.07, 6.45) is 0.608. The fourth-order valence-corrected chi connectivity index (χ4v) is 2.38. The molecule has 0 saturated heterocycles. The van der Waals surface area contributed by atoms with Crippen LogP contribution in [0.5, 0.6) is 0 Å². The number of anilines is 1. The molecule has 2 aromatic heterocycles. The minimum atomic E-state index is -0.833. The molecule has 10 nitrogen and oxygen atoms in total. The molecule has 10 heteroatoms. The zero-order valence-corrected chi connectivity index (χ0v) is 16.5. The number of nitrogens with zero attached hydrogens (tertiary/aromatic N) is 3. The number of aryl methyl sites for hydroxylation is 1. The average Bonchev–Trinajstić information content (AvgIpc) is 3.01. The topological polar surface area (TPSA) is 131 Å². The number of ether oxygens (including phenoxy) is 1. The standard InChI is InChI=1S/C18H26N6O4/c1-5-28-8-6-7-19-16(26)17(27)21-14-9-12(4)23-24(14)18-20-13(11(2)3)10-15(25)22-18/h9-11H,5-8H2,1-4H3,(H,19,26)(H,21,27)(H,20,22,25). The highest BCUT2D eigenvalue weighted by Gasteiger charge is 2.18. The molecule has 2 amide bonds. The number of aromatic amines is 1. The summed E-state index contributed by atoms with van der Waals surface area (Å²) >= 11 is 0. The average molecular weight is 390 g/mol. The molecule has 0 radical (unpaired) electrons. The molecule has 0 fully saturated rings. The smallest absolute Gasteiger partial charge is 0.314 e. The van der Waals surface area contributed by atoms with Gasteiger partial charge in [-0.3, -0.25) is 19.4 Å². The molecule has 0 aliphatic heterocycles. The molecule has 0 atom stereocenters. The van der Waals surface area contributed by atoms with Crippen LogP contribution in [0.25, 0.3) is 5.95 Å². The lowest BCUT2D eigenvalue weighted by Crippen LogP contribution is -2.36. The van der Waals surface area contributed by atoms with Crippen molar-refractivity contribution in [3.8, 4) is 5.95 Å². The lowest BCUT2D eigenvalue weighted by molar-refractivity contribution is -0.136. The minimum Gasteiger partial charge on any atom is -0.382 e. The monoisotopic (exact) mass is 390 g/mol. The highest BCUT2D eigenvalue weighted by atomic mass is 16.5. The van der Waals surface area contributed by atoms with Crippen molar-refractivity contribution in [2.75, 3.05) is 25.1 Å². The number of hydrogen-bond donors (Lipinski definition) is 3. The largest absolute Gasteiger partial charge is 0.382 e. The van der Waals surface area contributed by atoms with Crippen LogP contribution in [0.3, 0.4) is 0 Å². The van der Waals surface area contributed by atoms with E-state index in [-0.39, 0.29) is 23.2 Å². The third kappa shape index (κ3) is 5.74. The van der Waals surface area contributed by atoms with Gasteiger partial charge in [0, 0.05) is 31.9 Å². The van der Waals surface area contributed by atoms with Crippen LogP contribution in [0.15, 0.2) is 16.9 Å². The van der Waals surface area contributed by atoms with Crippen LogP contribution >= 0.6 is 0 Å². The molecule has 2 rings (SSSR count). The second-order valence-corrected chi connectivity index (χ2v) is 6.49. The Balaban J connectivity index is 2.13. The van der Waals surface area contributed by atoms with Crippen LogP contribution in [-0.2, 0) is 14.3 Å². The van der Waals surface area contributed by atoms with Gasteiger partial charge in [-0.2, -0.15) is 9.78 Å². The van der Waals surface area contributed by atoms with Crippen LogP contribution in [0.4, 0.5) is 5.82 Å². The molecular weight excluding hydrogens is 364 g/mol. The van der Waals surface area contributed by atoms with Crippen LogP contribution in [0, 0.1) is 6.92 Å². The van der Waals surface area contributed by atoms with E-state index < -0.39 is 11.8 Å². The van der Waals surface area contributed by atoms with Gasteiger partial charge in [-0.15, -0.1) is 0 Å². The Morgan fingerprint density at radius 3 is 2.71 bits per heavy atom. The lowest BCUT2D eigenvalue weighted by Gasteiger charge is -2.10. The predicted octanol–water partition coefficient (Wildman–Crippen LogP) is 0.869. The van der Waals surface area contributed by atoms with E-state index in [9.17, 15) is 14.4 Å². The number of nitrogens with one attached hydrogen (secondary N) is 3. The van der Waals surface area contributed by atoms with Gasteiger partial charge >= 0.3 is 11.8 Å². The molecule has 0 saturated carbocycles. The summed E-state index contributed by atoms with van der Waals surface area (Å²) < 4.78 is 6.47. The molecule has 0 aromatic carbocycles. The Hall–Kier alpha value is -3.01. The number of H-pyrrole nitrogens is 1. The van der Waals surface area contributed by atoms with E-state index in [2.05, 4.69) is 25.7 Å². The van der Waals surface area contributed by atoms with Gasteiger partial charge in [0.05, 0.1) is 11.4 Å². The van der Waals surface area contributed by atoms with E-state index in [1.54, 1.807) is 13.0 Å². The van der Waals surface area contributed by atoms with Crippen LogP contribution in [0.1, 0.15) is 44.5 Å². The van der Waals surface area contributed by atoms with Crippen molar-refractivity contribution in [2.24, 2.45) is 0 Å². The third-order valence-corrected chi connectivity index (χ3v) is 3.78. The van der Waals surface area contributed by atoms with Gasteiger partial charge in [0.25, 0.3) is 5.56 Å². The third-order valence-electron chi connectivity index (χ3n) is 3.78. The number of hydrogen-bond acceptors (Lipinski definition) is 6. The Bertz CT molecular complexity index is 886. The van der Waals surface area contributed by atoms with Gasteiger partial charge in [0.15, 0.2) is 0 Å². The molecule has 0 bridgehead atoms. The maximum absolute atomic E-state index is 12.2. The van der Waals surface area contributed by atoms with Crippen LogP contribution in [0.2, 0.25) is 0 Å². The summed E-state index contributed by atoms with van der Waals surface area (Å²) in [5.41, 5.74) is 0.854. The molecule has 152 valence electrons. The molecular formula is C18H26N6O4. The maximum Gasteiger partial charge on any atom is 0.314 e. The molecule has 28 heavy (non-hydrogen) atoms. The first-order valence-corrected chi connectivity index (χ1v) is 9.17. The Kier molecular flexibility index (Phi) is 7.44. The van der Waals surface area contributed by atoms with Crippen molar-refractivity contribution >= 4 is 17.6 Å². The quantitative estimate of drug-likeness (QED) is 0.453. The van der Waals surface area contributed by atoms with E-state index in [0.29, 0.717) is 37.6 Å². The second-order valence-electron chi connectivity index (χ2n) is 6.49. The molecule has 0 unspecified atom stereocenters. The molecule has 0 aliphatic rings. The van der Waals surface area contributed by atoms with E-state index in [1.165, 1.54) is 10.7 Å². The summed E-state index contributed by atoms with van der Waals surface area (Å²) in [6.45, 7) is 8.88. The highest BCUT2D eigenvalue weighted by molar-refractivity contribution is 6.39. The summed E-state index contributed by atoms with van der Waals surface area (Å²) in [4.78, 5) is 43.1. The zero-order chi connectivity index (χ0) is 20.7. The number of aromatic nitrogens is 4. The molecule has 2 aromatic rings. The number of carbonyl (C=O) groups is 2. The van der Waals surface area contributed by atoms with E-state index in [0.717, 1.165) is 0 Å². The lowest BCUT2D eigenvalue weighted by atomic mass is 10.1. The molecule has 0 aliphatic carbocycles. The normalized spacial score (nSPS) is 10.9. The van der Waals surface area contributed by atoms with Gasteiger partial charge in [0.1, 0.15) is 5.82 Å². The first-order valence-electron chi connectivity index (χ1n) is 9.17. The summed E-state index contributed by atoms with van der Waals surface area (Å²) in [5, 5.41) is 9.28. The van der Waals surface area contributed by atoms with E-state index in [4.69, 9.17) is 4.74 Å². The Morgan fingerprint density at radius 1 is 1.29 bits per heavy atom. The SMILES string of the molecule is CCOCCCNC(=O)C(=O)Nc1cc(C)nn1-c1nc(C(C)C)cc(=O)[nH]1. The molecule has 3 N–H and O–H groups in total. The first-order chi connectivity index (χ1) is 13.3. The van der Waals surface area contributed by atoms with Crippen LogP contribution < -0.4 is 16.2 Å². The van der Waals surface area contributed by atoms with Crippen molar-refractivity contribution in [1.82, 2.24) is 25.1 Å². The maximum atomic E-state index is 12.2. The second kappa shape index (κ2) is 9.79. The first kappa shape index (κ1) is 21.3. The fraction of sp³-hybridized carbons (Fsp3) is 0.500. The van der Waals surface area contributed by atoms with Crippen molar-refractivity contribution in [3.63, 3.8) is 0 Å². The highest BCUT2D eigenvalue weighted by Crippen LogP contribution is 2.16. The number of amides is 2. The van der Waals surface area contributed by atoms with E-state index >= 15 is 0 Å². The van der Waals surface area contributed by atoms with Crippen molar-refractivity contribution in [2.45, 2.75) is 40.0 Å². The van der Waals surface area contributed by atoms with Crippen molar-refractivity contribution in [1.29, 1.82) is 0 Å². The summed E-state index contributed by atoms with van der Waals surface area (Å²) in [5.74, 6) is -1.16. The van der Waals surface area contributed by atoms with Gasteiger partial charge in [0.2, 0.25) is 5.95 Å². The summed E-state index contributed by atoms with van der Waals surface area (Å²) in [7, 11) is 0. The van der Waals surface area contributed by atoms with Crippen LogP contribution in [-0.4, -0.2) is 51.3 Å². The van der Waals surface area contributed by atoms with E-state index in [1.807, 2.05) is 20.8 Å². The van der Waals surface area contributed by atoms with Crippen molar-refractivity contribution < 1.29 is 14.3 Å². The number of rotatable bonds is 8. The fourth-order valence-electron chi connectivity index (χ4n) is 2.38. The van der Waals surface area contributed by atoms with Gasteiger partial charge in [-0.25, -0.2) is 4.98 Å². The minimum absolute atomic E-state index is 0.0400. The molecule has 2 heterocycles. The zero-order valence-electron chi connectivity index (χ0n) is 16.5. The molecule has 0 spiro atoms. The summed E-state index contributed by atoms with van der Waals surface area (Å²) in [6, 6.07) is 3.00.